The van der Waals surface area contributed by atoms with E-state index in [0.29, 0.717) is 24.5 Å². The van der Waals surface area contributed by atoms with Crippen LogP contribution >= 0.6 is 0 Å². The second kappa shape index (κ2) is 5.49. The van der Waals surface area contributed by atoms with Crippen molar-refractivity contribution in [2.24, 2.45) is 0 Å². The quantitative estimate of drug-likeness (QED) is 0.541. The average Bonchev–Trinajstić information content (AvgIpc) is 2.39. The number of methoxy groups -OCH3 is 1. The van der Waals surface area contributed by atoms with Crippen LogP contribution < -0.4 is 21.1 Å². The molecule has 0 saturated carbocycles. The number of piperazine rings is 1. The van der Waals surface area contributed by atoms with E-state index in [9.17, 15) is 9.59 Å². The lowest BCUT2D eigenvalue weighted by Crippen LogP contribution is -2.50. The minimum absolute atomic E-state index is 0.362. The molecule has 0 atom stereocenters. The molecule has 18 heavy (non-hydrogen) atoms. The van der Waals surface area contributed by atoms with Gasteiger partial charge in [0.15, 0.2) is 0 Å². The first kappa shape index (κ1) is 13.0. The lowest BCUT2D eigenvalue weighted by atomic mass is 10.1. The summed E-state index contributed by atoms with van der Waals surface area (Å²) in [5, 5.41) is 2.99. The van der Waals surface area contributed by atoms with Gasteiger partial charge >= 0.3 is 0 Å². The summed E-state index contributed by atoms with van der Waals surface area (Å²) >= 11 is 0. The molecule has 0 unspecified atom stereocenters. The maximum Gasteiger partial charge on any atom is 0.253 e. The molecular formula is C12H19N3O3. The summed E-state index contributed by atoms with van der Waals surface area (Å²) in [6.07, 6.45) is 0. The van der Waals surface area contributed by atoms with E-state index in [4.69, 9.17) is 4.74 Å². The fourth-order valence-corrected chi connectivity index (χ4v) is 2.15. The first-order valence-corrected chi connectivity index (χ1v) is 6.14. The maximum absolute atomic E-state index is 11.7. The molecule has 1 aromatic rings. The predicted octanol–water partition coefficient (Wildman–Crippen LogP) is -0.907. The van der Waals surface area contributed by atoms with Gasteiger partial charge in [0.1, 0.15) is 11.4 Å². The molecule has 1 aliphatic heterocycles. The smallest absolute Gasteiger partial charge is 0.253 e. The van der Waals surface area contributed by atoms with Crippen molar-refractivity contribution in [1.29, 1.82) is 0 Å². The van der Waals surface area contributed by atoms with Gasteiger partial charge in [-0.15, -0.1) is 0 Å². The number of rotatable bonds is 5. The van der Waals surface area contributed by atoms with Crippen molar-refractivity contribution in [1.82, 2.24) is 4.90 Å². The van der Waals surface area contributed by atoms with E-state index in [1.54, 1.807) is 7.11 Å². The first-order chi connectivity index (χ1) is 8.65. The molecule has 1 aromatic carbocycles. The van der Waals surface area contributed by atoms with Gasteiger partial charge in [0, 0.05) is 39.8 Å². The highest BCUT2D eigenvalue weighted by atomic mass is 16.5. The highest BCUT2D eigenvalue weighted by Crippen LogP contribution is 2.20. The third-order valence-corrected chi connectivity index (χ3v) is 3.31. The Bertz CT molecular complexity index is 471. The molecule has 1 heterocycles. The zero-order chi connectivity index (χ0) is 13.1. The van der Waals surface area contributed by atoms with Crippen molar-refractivity contribution in [3.8, 4) is 0 Å². The second-order valence-electron chi connectivity index (χ2n) is 4.59. The summed E-state index contributed by atoms with van der Waals surface area (Å²) in [5.74, 6) is 0. The minimum atomic E-state index is -0.403. The Morgan fingerprint density at radius 2 is 1.83 bits per heavy atom. The van der Waals surface area contributed by atoms with Crippen molar-refractivity contribution in [3.05, 3.63) is 20.4 Å². The van der Waals surface area contributed by atoms with E-state index in [2.05, 4.69) is 17.3 Å². The fourth-order valence-electron chi connectivity index (χ4n) is 2.15. The van der Waals surface area contributed by atoms with Crippen LogP contribution in [-0.2, 0) is 4.74 Å². The molecule has 0 bridgehead atoms. The van der Waals surface area contributed by atoms with Gasteiger partial charge in [0.25, 0.3) is 10.9 Å². The lowest BCUT2D eigenvalue weighted by molar-refractivity contribution is 0.210. The number of likely N-dealkylation sites (N-methyl/N-ethyl adjacent to an activating group) is 1. The Morgan fingerprint density at radius 3 is 2.44 bits per heavy atom. The average molecular weight is 253 g/mol. The standard InChI is InChI=1S/C12H19N3O3/c1-14-4-6-15(7-5-14)10-9(11(16)12(10)17)13-3-8-18-2/h13H,3-8H2,1-2H3. The number of hydrogen-bond acceptors (Lipinski definition) is 6. The van der Waals surface area contributed by atoms with Crippen LogP contribution in [-0.4, -0.2) is 58.4 Å². The van der Waals surface area contributed by atoms with E-state index < -0.39 is 5.43 Å². The molecule has 1 saturated heterocycles. The molecular weight excluding hydrogens is 234 g/mol. The molecule has 0 amide bonds. The molecule has 1 N–H and O–H groups in total. The van der Waals surface area contributed by atoms with Gasteiger partial charge < -0.3 is 19.9 Å². The maximum atomic E-state index is 11.7. The van der Waals surface area contributed by atoms with Gasteiger partial charge in [-0.3, -0.25) is 9.59 Å². The van der Waals surface area contributed by atoms with E-state index in [0.717, 1.165) is 26.2 Å². The summed E-state index contributed by atoms with van der Waals surface area (Å²) in [7, 11) is 3.66. The van der Waals surface area contributed by atoms with E-state index in [1.165, 1.54) is 0 Å². The topological polar surface area (TPSA) is 61.9 Å². The first-order valence-electron chi connectivity index (χ1n) is 6.14. The van der Waals surface area contributed by atoms with Crippen LogP contribution in [0.2, 0.25) is 0 Å². The Morgan fingerprint density at radius 1 is 1.17 bits per heavy atom. The van der Waals surface area contributed by atoms with E-state index in [-0.39, 0.29) is 5.43 Å². The van der Waals surface area contributed by atoms with Crippen LogP contribution in [0, 0.1) is 0 Å². The highest BCUT2D eigenvalue weighted by Gasteiger charge is 2.27. The van der Waals surface area contributed by atoms with Crippen LogP contribution in [0.1, 0.15) is 0 Å². The zero-order valence-corrected chi connectivity index (χ0v) is 10.9. The largest absolute Gasteiger partial charge is 0.383 e. The van der Waals surface area contributed by atoms with Crippen LogP contribution in [0.15, 0.2) is 9.59 Å². The number of nitrogens with zero attached hydrogens (tertiary/aromatic N) is 2. The normalized spacial score (nSPS) is 17.3. The summed E-state index contributed by atoms with van der Waals surface area (Å²) in [5.41, 5.74) is 0.255. The molecule has 0 aliphatic carbocycles. The molecule has 6 nitrogen and oxygen atoms in total. The van der Waals surface area contributed by atoms with E-state index in [1.807, 2.05) is 4.90 Å². The van der Waals surface area contributed by atoms with Crippen LogP contribution in [0.3, 0.4) is 0 Å². The Balaban J connectivity index is 2.06. The summed E-state index contributed by atoms with van der Waals surface area (Å²) in [4.78, 5) is 27.4. The number of ether oxygens (including phenoxy) is 1. The SMILES string of the molecule is COCCNc1c(N2CCN(C)CC2)c(=O)c1=O. The van der Waals surface area contributed by atoms with Gasteiger partial charge in [-0.05, 0) is 7.05 Å². The number of anilines is 2. The van der Waals surface area contributed by atoms with Crippen LogP contribution in [0.4, 0.5) is 11.4 Å². The van der Waals surface area contributed by atoms with Crippen molar-refractivity contribution in [3.63, 3.8) is 0 Å². The van der Waals surface area contributed by atoms with E-state index >= 15 is 0 Å². The third-order valence-electron chi connectivity index (χ3n) is 3.31. The van der Waals surface area contributed by atoms with Crippen molar-refractivity contribution < 1.29 is 4.74 Å². The van der Waals surface area contributed by atoms with Crippen molar-refractivity contribution in [2.45, 2.75) is 0 Å². The molecule has 2 rings (SSSR count). The molecule has 1 fully saturated rings. The summed E-state index contributed by atoms with van der Waals surface area (Å²) in [6.45, 7) is 4.47. The summed E-state index contributed by atoms with van der Waals surface area (Å²) < 4.78 is 4.92. The molecule has 100 valence electrons. The Labute approximate surface area is 106 Å². The van der Waals surface area contributed by atoms with Gasteiger partial charge in [-0.1, -0.05) is 0 Å². The van der Waals surface area contributed by atoms with Crippen molar-refractivity contribution >= 4 is 11.4 Å². The highest BCUT2D eigenvalue weighted by molar-refractivity contribution is 5.75. The second-order valence-corrected chi connectivity index (χ2v) is 4.59. The Hall–Kier alpha value is -1.40. The van der Waals surface area contributed by atoms with Gasteiger partial charge in [-0.2, -0.15) is 0 Å². The monoisotopic (exact) mass is 253 g/mol. The molecule has 1 aliphatic rings. The predicted molar refractivity (Wildman–Crippen MR) is 71.4 cm³/mol. The van der Waals surface area contributed by atoms with Crippen LogP contribution in [0.25, 0.3) is 0 Å². The van der Waals surface area contributed by atoms with Gasteiger partial charge in [0.05, 0.1) is 6.61 Å². The molecule has 0 radical (unpaired) electrons. The third kappa shape index (κ3) is 2.39. The molecule has 0 spiro atoms. The zero-order valence-electron chi connectivity index (χ0n) is 10.9. The Kier molecular flexibility index (Phi) is 3.98. The summed E-state index contributed by atoms with van der Waals surface area (Å²) in [6, 6.07) is 0. The number of nitrogens with one attached hydrogen (secondary N) is 1. The lowest BCUT2D eigenvalue weighted by Gasteiger charge is -2.35. The number of hydrogen-bond donors (Lipinski definition) is 1. The van der Waals surface area contributed by atoms with Crippen LogP contribution in [0.5, 0.6) is 0 Å². The fraction of sp³-hybridized carbons (Fsp3) is 0.667. The molecule has 0 aromatic heterocycles. The van der Waals surface area contributed by atoms with Gasteiger partial charge in [0.2, 0.25) is 0 Å². The minimum Gasteiger partial charge on any atom is -0.383 e. The van der Waals surface area contributed by atoms with Gasteiger partial charge in [-0.25, -0.2) is 0 Å². The van der Waals surface area contributed by atoms with Crippen molar-refractivity contribution in [2.75, 3.05) is 63.7 Å². The molecule has 6 heteroatoms.